The summed E-state index contributed by atoms with van der Waals surface area (Å²) in [6.45, 7) is 3.49. The molecule has 0 radical (unpaired) electrons. The number of nitrogens with one attached hydrogen (secondary N) is 1. The van der Waals surface area contributed by atoms with Gasteiger partial charge in [0.15, 0.2) is 0 Å². The lowest BCUT2D eigenvalue weighted by atomic mass is 9.86. The second kappa shape index (κ2) is 3.67. The summed E-state index contributed by atoms with van der Waals surface area (Å²) in [6.07, 6.45) is 2.42. The van der Waals surface area contributed by atoms with Gasteiger partial charge in [0.05, 0.1) is 5.41 Å². The van der Waals surface area contributed by atoms with Crippen LogP contribution in [0.25, 0.3) is 10.9 Å². The van der Waals surface area contributed by atoms with Gasteiger partial charge in [-0.3, -0.25) is 4.79 Å². The van der Waals surface area contributed by atoms with E-state index in [1.54, 1.807) is 13.8 Å². The van der Waals surface area contributed by atoms with Crippen LogP contribution in [0, 0.1) is 5.41 Å². The molecule has 0 saturated carbocycles. The fourth-order valence-electron chi connectivity index (χ4n) is 1.79. The maximum atomic E-state index is 11.0. The molecule has 0 aliphatic carbocycles. The fourth-order valence-corrected chi connectivity index (χ4v) is 1.79. The summed E-state index contributed by atoms with van der Waals surface area (Å²) in [4.78, 5) is 14.2. The largest absolute Gasteiger partial charge is 0.481 e. The van der Waals surface area contributed by atoms with E-state index in [-0.39, 0.29) is 0 Å². The van der Waals surface area contributed by atoms with Gasteiger partial charge in [0.25, 0.3) is 0 Å². The van der Waals surface area contributed by atoms with Crippen LogP contribution in [0.4, 0.5) is 0 Å². The lowest BCUT2D eigenvalue weighted by Crippen LogP contribution is -2.26. The van der Waals surface area contributed by atoms with Crippen LogP contribution in [0.3, 0.4) is 0 Å². The van der Waals surface area contributed by atoms with Gasteiger partial charge in [-0.25, -0.2) is 0 Å². The predicted molar refractivity (Wildman–Crippen MR) is 63.4 cm³/mol. The number of aromatic amines is 1. The summed E-state index contributed by atoms with van der Waals surface area (Å²) in [7, 11) is 0. The van der Waals surface area contributed by atoms with Gasteiger partial charge in [-0.15, -0.1) is 0 Å². The van der Waals surface area contributed by atoms with Gasteiger partial charge in [0.2, 0.25) is 0 Å². The standard InChI is InChI=1S/C13H15NO2/c1-13(2,12(15)16)8-9-3-4-10-5-6-14-11(10)7-9/h3-7,14H,8H2,1-2H3,(H,15,16). The second-order valence-electron chi connectivity index (χ2n) is 4.77. The van der Waals surface area contributed by atoms with E-state index >= 15 is 0 Å². The van der Waals surface area contributed by atoms with Gasteiger partial charge in [0, 0.05) is 11.7 Å². The molecule has 0 aliphatic heterocycles. The number of hydrogen-bond acceptors (Lipinski definition) is 1. The van der Waals surface area contributed by atoms with Crippen molar-refractivity contribution in [2.45, 2.75) is 20.3 Å². The Morgan fingerprint density at radius 2 is 2.12 bits per heavy atom. The molecule has 0 atom stereocenters. The summed E-state index contributed by atoms with van der Waals surface area (Å²) in [5, 5.41) is 10.2. The van der Waals surface area contributed by atoms with E-state index in [2.05, 4.69) is 4.98 Å². The van der Waals surface area contributed by atoms with Crippen LogP contribution >= 0.6 is 0 Å². The van der Waals surface area contributed by atoms with Crippen LogP contribution in [-0.2, 0) is 11.2 Å². The molecule has 1 aromatic heterocycles. The average molecular weight is 217 g/mol. The zero-order valence-electron chi connectivity index (χ0n) is 9.45. The zero-order chi connectivity index (χ0) is 11.8. The molecule has 0 bridgehead atoms. The van der Waals surface area contributed by atoms with Crippen LogP contribution in [0.2, 0.25) is 0 Å². The molecule has 0 aliphatic rings. The summed E-state index contributed by atoms with van der Waals surface area (Å²) < 4.78 is 0. The van der Waals surface area contributed by atoms with Gasteiger partial charge in [0.1, 0.15) is 0 Å². The van der Waals surface area contributed by atoms with Crippen LogP contribution in [0.15, 0.2) is 30.5 Å². The van der Waals surface area contributed by atoms with Gasteiger partial charge in [-0.2, -0.15) is 0 Å². The SMILES string of the molecule is CC(C)(Cc1ccc2cc[nH]c2c1)C(=O)O. The monoisotopic (exact) mass is 217 g/mol. The maximum Gasteiger partial charge on any atom is 0.309 e. The van der Waals surface area contributed by atoms with Crippen LogP contribution in [-0.4, -0.2) is 16.1 Å². The average Bonchev–Trinajstić information content (AvgIpc) is 2.63. The Morgan fingerprint density at radius 3 is 2.81 bits per heavy atom. The van der Waals surface area contributed by atoms with E-state index in [0.717, 1.165) is 16.5 Å². The van der Waals surface area contributed by atoms with Gasteiger partial charge >= 0.3 is 5.97 Å². The van der Waals surface area contributed by atoms with E-state index < -0.39 is 11.4 Å². The van der Waals surface area contributed by atoms with Crippen molar-refractivity contribution in [1.29, 1.82) is 0 Å². The Hall–Kier alpha value is -1.77. The smallest absolute Gasteiger partial charge is 0.309 e. The Balaban J connectivity index is 2.30. The highest BCUT2D eigenvalue weighted by molar-refractivity contribution is 5.80. The minimum Gasteiger partial charge on any atom is -0.481 e. The zero-order valence-corrected chi connectivity index (χ0v) is 9.45. The van der Waals surface area contributed by atoms with Crippen molar-refractivity contribution in [2.24, 2.45) is 5.41 Å². The van der Waals surface area contributed by atoms with Gasteiger partial charge in [-0.05, 0) is 43.4 Å². The van der Waals surface area contributed by atoms with E-state index in [4.69, 9.17) is 5.11 Å². The molecule has 3 heteroatoms. The molecule has 0 spiro atoms. The van der Waals surface area contributed by atoms with Crippen LogP contribution in [0.1, 0.15) is 19.4 Å². The molecule has 3 nitrogen and oxygen atoms in total. The number of aromatic nitrogens is 1. The van der Waals surface area contributed by atoms with Crippen molar-refractivity contribution in [3.05, 3.63) is 36.0 Å². The van der Waals surface area contributed by atoms with Crippen molar-refractivity contribution >= 4 is 16.9 Å². The third-order valence-electron chi connectivity index (χ3n) is 2.84. The third kappa shape index (κ3) is 1.94. The van der Waals surface area contributed by atoms with Gasteiger partial charge in [-0.1, -0.05) is 12.1 Å². The number of carbonyl (C=O) groups is 1. The molecule has 0 amide bonds. The molecular formula is C13H15NO2. The van der Waals surface area contributed by atoms with Crippen LogP contribution in [0.5, 0.6) is 0 Å². The lowest BCUT2D eigenvalue weighted by molar-refractivity contribution is -0.146. The molecule has 0 unspecified atom stereocenters. The number of fused-ring (bicyclic) bond motifs is 1. The highest BCUT2D eigenvalue weighted by Crippen LogP contribution is 2.24. The number of benzene rings is 1. The van der Waals surface area contributed by atoms with Crippen LogP contribution < -0.4 is 0 Å². The number of H-pyrrole nitrogens is 1. The minimum absolute atomic E-state index is 0.539. The molecular weight excluding hydrogens is 202 g/mol. The summed E-state index contributed by atoms with van der Waals surface area (Å²) >= 11 is 0. The summed E-state index contributed by atoms with van der Waals surface area (Å²) in [5.41, 5.74) is 1.38. The normalized spacial score (nSPS) is 11.9. The molecule has 2 N–H and O–H groups in total. The number of aliphatic carboxylic acids is 1. The molecule has 2 aromatic rings. The van der Waals surface area contributed by atoms with Crippen molar-refractivity contribution in [3.63, 3.8) is 0 Å². The third-order valence-corrected chi connectivity index (χ3v) is 2.84. The first-order valence-corrected chi connectivity index (χ1v) is 5.28. The topological polar surface area (TPSA) is 53.1 Å². The van der Waals surface area contributed by atoms with E-state index in [9.17, 15) is 4.79 Å². The quantitative estimate of drug-likeness (QED) is 0.830. The van der Waals surface area contributed by atoms with Crippen molar-refractivity contribution in [1.82, 2.24) is 4.98 Å². The first-order valence-electron chi connectivity index (χ1n) is 5.28. The first-order chi connectivity index (χ1) is 7.49. The molecule has 1 heterocycles. The van der Waals surface area contributed by atoms with E-state index in [1.807, 2.05) is 30.5 Å². The molecule has 1 aromatic carbocycles. The lowest BCUT2D eigenvalue weighted by Gasteiger charge is -2.18. The van der Waals surface area contributed by atoms with Crippen molar-refractivity contribution < 1.29 is 9.90 Å². The summed E-state index contributed by atoms with van der Waals surface area (Å²) in [5.74, 6) is -0.765. The minimum atomic E-state index is -0.765. The Labute approximate surface area is 94.1 Å². The van der Waals surface area contributed by atoms with Crippen molar-refractivity contribution in [2.75, 3.05) is 0 Å². The van der Waals surface area contributed by atoms with E-state index in [1.165, 1.54) is 0 Å². The molecule has 16 heavy (non-hydrogen) atoms. The Bertz CT molecular complexity index is 525. The number of rotatable bonds is 3. The number of carboxylic acid groups (broad SMARTS) is 1. The Morgan fingerprint density at radius 1 is 1.38 bits per heavy atom. The molecule has 0 saturated heterocycles. The highest BCUT2D eigenvalue weighted by atomic mass is 16.4. The maximum absolute atomic E-state index is 11.0. The highest BCUT2D eigenvalue weighted by Gasteiger charge is 2.27. The predicted octanol–water partition coefficient (Wildman–Crippen LogP) is 2.82. The summed E-state index contributed by atoms with van der Waals surface area (Å²) in [6, 6.07) is 8.02. The molecule has 2 rings (SSSR count). The Kier molecular flexibility index (Phi) is 2.46. The number of carboxylic acids is 1. The first kappa shape index (κ1) is 10.7. The second-order valence-corrected chi connectivity index (χ2v) is 4.77. The van der Waals surface area contributed by atoms with E-state index in [0.29, 0.717) is 6.42 Å². The molecule has 0 fully saturated rings. The fraction of sp³-hybridized carbons (Fsp3) is 0.308. The van der Waals surface area contributed by atoms with Crippen molar-refractivity contribution in [3.8, 4) is 0 Å². The number of hydrogen-bond donors (Lipinski definition) is 2. The molecule has 84 valence electrons. The van der Waals surface area contributed by atoms with Gasteiger partial charge < -0.3 is 10.1 Å².